The van der Waals surface area contributed by atoms with Crippen molar-refractivity contribution in [1.82, 2.24) is 0 Å². The minimum absolute atomic E-state index is 0.235. The van der Waals surface area contributed by atoms with E-state index in [2.05, 4.69) is 6.07 Å². The molecule has 5 heteroatoms. The maximum absolute atomic E-state index is 12.3. The fourth-order valence-corrected chi connectivity index (χ4v) is 3.35. The van der Waals surface area contributed by atoms with E-state index in [9.17, 15) is 9.47 Å². The van der Waals surface area contributed by atoms with E-state index in [1.54, 1.807) is 18.2 Å². The van der Waals surface area contributed by atoms with Gasteiger partial charge in [0.15, 0.2) is 0 Å². The van der Waals surface area contributed by atoms with Gasteiger partial charge in [0.25, 0.3) is 0 Å². The third kappa shape index (κ3) is 3.61. The minimum Gasteiger partial charge on any atom is -0.254 e. The molecule has 2 aromatic carbocycles. The van der Waals surface area contributed by atoms with Crippen LogP contribution in [0.1, 0.15) is 11.5 Å². The fraction of sp³-hybridized carbons (Fsp3) is 0.133. The minimum atomic E-state index is -1.30. The zero-order chi connectivity index (χ0) is 14.5. The second-order valence-electron chi connectivity index (χ2n) is 4.18. The average Bonchev–Trinajstić information content (AvgIpc) is 2.48. The monoisotopic (exact) mass is 323 g/mol. The van der Waals surface area contributed by atoms with Crippen molar-refractivity contribution >= 4 is 34.0 Å². The normalized spacial score (nSPS) is 13.4. The molecule has 2 aromatic rings. The number of rotatable bonds is 4. The Morgan fingerprint density at radius 1 is 1.10 bits per heavy atom. The molecule has 2 nitrogen and oxygen atoms in total. The highest BCUT2D eigenvalue weighted by molar-refractivity contribution is 7.85. The van der Waals surface area contributed by atoms with Crippen molar-refractivity contribution in [3.8, 4) is 6.07 Å². The smallest absolute Gasteiger partial charge is 0.0831 e. The molecule has 20 heavy (non-hydrogen) atoms. The van der Waals surface area contributed by atoms with Gasteiger partial charge in [0, 0.05) is 10.6 Å². The molecule has 102 valence electrons. The molecule has 0 bridgehead atoms. The first-order chi connectivity index (χ1) is 9.61. The molecule has 0 fully saturated rings. The largest absolute Gasteiger partial charge is 0.254 e. The Kier molecular flexibility index (Phi) is 5.19. The van der Waals surface area contributed by atoms with Crippen molar-refractivity contribution in [3.05, 3.63) is 64.1 Å². The summed E-state index contributed by atoms with van der Waals surface area (Å²) < 4.78 is 12.3. The molecule has 2 rings (SSSR count). The van der Waals surface area contributed by atoms with Crippen LogP contribution in [-0.4, -0.2) is 9.96 Å². The zero-order valence-corrected chi connectivity index (χ0v) is 12.8. The molecule has 0 N–H and O–H groups in total. The number of hydrogen-bond donors (Lipinski definition) is 0. The van der Waals surface area contributed by atoms with Crippen LogP contribution < -0.4 is 0 Å². The van der Waals surface area contributed by atoms with Gasteiger partial charge in [-0.2, -0.15) is 5.26 Å². The van der Waals surface area contributed by atoms with Gasteiger partial charge < -0.3 is 0 Å². The first-order valence-electron chi connectivity index (χ1n) is 5.90. The van der Waals surface area contributed by atoms with E-state index in [4.69, 9.17) is 23.2 Å². The van der Waals surface area contributed by atoms with Crippen molar-refractivity contribution in [2.75, 3.05) is 5.75 Å². The van der Waals surface area contributed by atoms with E-state index < -0.39 is 16.7 Å². The summed E-state index contributed by atoms with van der Waals surface area (Å²) in [6.45, 7) is 0. The molecular formula is C15H11Cl2NOS. The molecule has 0 saturated heterocycles. The van der Waals surface area contributed by atoms with E-state index >= 15 is 0 Å². The lowest BCUT2D eigenvalue weighted by Crippen LogP contribution is -2.08. The van der Waals surface area contributed by atoms with Gasteiger partial charge in [-0.15, -0.1) is 0 Å². The Bertz CT molecular complexity index is 667. The summed E-state index contributed by atoms with van der Waals surface area (Å²) in [7, 11) is -1.30. The van der Waals surface area contributed by atoms with Gasteiger partial charge >= 0.3 is 0 Å². The molecule has 0 aliphatic rings. The van der Waals surface area contributed by atoms with Crippen LogP contribution in [0.25, 0.3) is 0 Å². The van der Waals surface area contributed by atoms with E-state index in [0.717, 1.165) is 5.56 Å². The van der Waals surface area contributed by atoms with E-state index in [1.165, 1.54) is 0 Å². The van der Waals surface area contributed by atoms with Crippen LogP contribution in [0.2, 0.25) is 10.0 Å². The highest BCUT2D eigenvalue weighted by Gasteiger charge is 2.16. The summed E-state index contributed by atoms with van der Waals surface area (Å²) in [4.78, 5) is 0.579. The van der Waals surface area contributed by atoms with Crippen LogP contribution in [-0.2, 0) is 10.8 Å². The van der Waals surface area contributed by atoms with Gasteiger partial charge in [-0.05, 0) is 23.8 Å². The SMILES string of the molecule is N#CC(CS(=O)c1ccc(Cl)c(Cl)c1)c1ccccc1. The van der Waals surface area contributed by atoms with Gasteiger partial charge in [0.2, 0.25) is 0 Å². The summed E-state index contributed by atoms with van der Waals surface area (Å²) >= 11 is 11.7. The Morgan fingerprint density at radius 3 is 2.40 bits per heavy atom. The lowest BCUT2D eigenvalue weighted by Gasteiger charge is -2.09. The number of benzene rings is 2. The van der Waals surface area contributed by atoms with Crippen molar-refractivity contribution in [3.63, 3.8) is 0 Å². The van der Waals surface area contributed by atoms with Crippen molar-refractivity contribution in [2.24, 2.45) is 0 Å². The second kappa shape index (κ2) is 6.90. The average molecular weight is 324 g/mol. The van der Waals surface area contributed by atoms with Crippen LogP contribution in [0.3, 0.4) is 0 Å². The third-order valence-electron chi connectivity index (χ3n) is 2.83. The maximum atomic E-state index is 12.3. The molecule has 2 unspecified atom stereocenters. The van der Waals surface area contributed by atoms with Crippen LogP contribution in [0.4, 0.5) is 0 Å². The molecule has 0 spiro atoms. The highest BCUT2D eigenvalue weighted by atomic mass is 35.5. The predicted molar refractivity (Wildman–Crippen MR) is 82.5 cm³/mol. The quantitative estimate of drug-likeness (QED) is 0.836. The molecule has 0 saturated carbocycles. The number of halogens is 2. The molecule has 0 radical (unpaired) electrons. The van der Waals surface area contributed by atoms with Gasteiger partial charge in [-0.25, -0.2) is 0 Å². The van der Waals surface area contributed by atoms with Crippen LogP contribution >= 0.6 is 23.2 Å². The molecule has 0 heterocycles. The molecule has 0 aliphatic heterocycles. The molecule has 0 amide bonds. The number of nitriles is 1. The Labute approximate surface area is 130 Å². The first-order valence-corrected chi connectivity index (χ1v) is 7.97. The molecule has 2 atom stereocenters. The maximum Gasteiger partial charge on any atom is 0.0831 e. The van der Waals surface area contributed by atoms with E-state index in [-0.39, 0.29) is 5.75 Å². The van der Waals surface area contributed by atoms with E-state index in [0.29, 0.717) is 14.9 Å². The predicted octanol–water partition coefficient (Wildman–Crippen LogP) is 4.41. The van der Waals surface area contributed by atoms with Gasteiger partial charge in [-0.3, -0.25) is 4.21 Å². The van der Waals surface area contributed by atoms with E-state index in [1.807, 2.05) is 30.3 Å². The van der Waals surface area contributed by atoms with Crippen LogP contribution in [0, 0.1) is 11.3 Å². The molecular weight excluding hydrogens is 313 g/mol. The van der Waals surface area contributed by atoms with Crippen molar-refractivity contribution in [2.45, 2.75) is 10.8 Å². The summed E-state index contributed by atoms with van der Waals surface area (Å²) in [6, 6.07) is 16.4. The Hall–Kier alpha value is -1.34. The zero-order valence-electron chi connectivity index (χ0n) is 10.4. The van der Waals surface area contributed by atoms with Crippen LogP contribution in [0.5, 0.6) is 0 Å². The topological polar surface area (TPSA) is 40.9 Å². The number of hydrogen-bond acceptors (Lipinski definition) is 2. The summed E-state index contributed by atoms with van der Waals surface area (Å²) in [5.41, 5.74) is 0.864. The fourth-order valence-electron chi connectivity index (χ4n) is 1.76. The van der Waals surface area contributed by atoms with Gasteiger partial charge in [0.05, 0.1) is 32.8 Å². The van der Waals surface area contributed by atoms with Gasteiger partial charge in [0.1, 0.15) is 0 Å². The standard InChI is InChI=1S/C15H11Cl2NOS/c16-14-7-6-13(8-15(14)17)20(19)10-12(9-18)11-4-2-1-3-5-11/h1-8,12H,10H2. The lowest BCUT2D eigenvalue weighted by molar-refractivity contribution is 0.680. The third-order valence-corrected chi connectivity index (χ3v) is 4.98. The number of nitrogens with zero attached hydrogens (tertiary/aromatic N) is 1. The lowest BCUT2D eigenvalue weighted by atomic mass is 10.0. The second-order valence-corrected chi connectivity index (χ2v) is 6.49. The summed E-state index contributed by atoms with van der Waals surface area (Å²) in [6.07, 6.45) is 0. The highest BCUT2D eigenvalue weighted by Crippen LogP contribution is 2.26. The van der Waals surface area contributed by atoms with Crippen molar-refractivity contribution in [1.29, 1.82) is 5.26 Å². The molecule has 0 aliphatic carbocycles. The summed E-state index contributed by atoms with van der Waals surface area (Å²) in [5.74, 6) is -0.176. The van der Waals surface area contributed by atoms with Gasteiger partial charge in [-0.1, -0.05) is 53.5 Å². The Balaban J connectivity index is 2.18. The van der Waals surface area contributed by atoms with Crippen LogP contribution in [0.15, 0.2) is 53.4 Å². The molecule has 0 aromatic heterocycles. The van der Waals surface area contributed by atoms with Crippen molar-refractivity contribution < 1.29 is 4.21 Å². The summed E-state index contributed by atoms with van der Waals surface area (Å²) in [5, 5.41) is 10.0. The first kappa shape index (κ1) is 15.1. The Morgan fingerprint density at radius 2 is 1.80 bits per heavy atom.